The first-order chi connectivity index (χ1) is 9.15. The summed E-state index contributed by atoms with van der Waals surface area (Å²) in [6.45, 7) is 3.91. The molecule has 0 atom stereocenters. The molecule has 0 spiro atoms. The number of nitrogens with one attached hydrogen (secondary N) is 1. The molecule has 1 aromatic carbocycles. The molecule has 0 saturated carbocycles. The molecular weight excluding hydrogens is 260 g/mol. The van der Waals surface area contributed by atoms with E-state index in [-0.39, 0.29) is 5.91 Å². The van der Waals surface area contributed by atoms with Crippen LogP contribution >= 0.6 is 11.3 Å². The van der Waals surface area contributed by atoms with Gasteiger partial charge in [0.2, 0.25) is 0 Å². The van der Waals surface area contributed by atoms with Gasteiger partial charge in [-0.2, -0.15) is 0 Å². The Kier molecular flexibility index (Phi) is 2.83. The van der Waals surface area contributed by atoms with Crippen molar-refractivity contribution >= 4 is 33.3 Å². The molecule has 1 N–H and O–H groups in total. The third-order valence-electron chi connectivity index (χ3n) is 2.95. The van der Waals surface area contributed by atoms with Crippen molar-refractivity contribution in [3.63, 3.8) is 0 Å². The minimum Gasteiger partial charge on any atom is -0.451 e. The number of hydrogen-bond acceptors (Lipinski definition) is 4. The lowest BCUT2D eigenvalue weighted by Crippen LogP contribution is -2.11. The highest BCUT2D eigenvalue weighted by Crippen LogP contribution is 2.27. The van der Waals surface area contributed by atoms with Crippen molar-refractivity contribution in [2.45, 2.75) is 13.8 Å². The number of amides is 1. The van der Waals surface area contributed by atoms with Crippen LogP contribution < -0.4 is 5.32 Å². The summed E-state index contributed by atoms with van der Waals surface area (Å²) < 4.78 is 5.63. The maximum Gasteiger partial charge on any atom is 0.293 e. The van der Waals surface area contributed by atoms with Gasteiger partial charge in [-0.3, -0.25) is 10.1 Å². The zero-order valence-electron chi connectivity index (χ0n) is 10.6. The molecule has 0 unspecified atom stereocenters. The number of furan rings is 1. The van der Waals surface area contributed by atoms with Gasteiger partial charge in [-0.1, -0.05) is 11.6 Å². The number of benzene rings is 1. The summed E-state index contributed by atoms with van der Waals surface area (Å²) in [4.78, 5) is 16.2. The van der Waals surface area contributed by atoms with E-state index in [0.717, 1.165) is 22.1 Å². The van der Waals surface area contributed by atoms with E-state index in [1.165, 1.54) is 11.3 Å². The highest BCUT2D eigenvalue weighted by molar-refractivity contribution is 7.13. The molecule has 0 radical (unpaired) electrons. The fraction of sp³-hybridized carbons (Fsp3) is 0.143. The Hall–Kier alpha value is -2.14. The monoisotopic (exact) mass is 272 g/mol. The number of rotatable bonds is 2. The Balaban J connectivity index is 2.00. The van der Waals surface area contributed by atoms with Crippen molar-refractivity contribution in [3.05, 3.63) is 46.7 Å². The van der Waals surface area contributed by atoms with Gasteiger partial charge < -0.3 is 4.42 Å². The molecule has 3 aromatic rings. The molecule has 0 saturated heterocycles. The van der Waals surface area contributed by atoms with Gasteiger partial charge in [0.15, 0.2) is 10.9 Å². The molecule has 5 heteroatoms. The molecule has 19 heavy (non-hydrogen) atoms. The van der Waals surface area contributed by atoms with Gasteiger partial charge in [-0.25, -0.2) is 4.98 Å². The minimum absolute atomic E-state index is 0.263. The first-order valence-electron chi connectivity index (χ1n) is 5.86. The molecule has 0 fully saturated rings. The molecule has 0 aliphatic rings. The van der Waals surface area contributed by atoms with Crippen LogP contribution in [0.4, 0.5) is 5.13 Å². The van der Waals surface area contributed by atoms with Gasteiger partial charge in [0.25, 0.3) is 5.91 Å². The highest BCUT2D eigenvalue weighted by atomic mass is 32.1. The van der Waals surface area contributed by atoms with Crippen LogP contribution in [0.5, 0.6) is 0 Å². The Morgan fingerprint density at radius 3 is 2.95 bits per heavy atom. The van der Waals surface area contributed by atoms with Crippen molar-refractivity contribution in [2.24, 2.45) is 0 Å². The number of carbonyl (C=O) groups is 1. The van der Waals surface area contributed by atoms with E-state index in [0.29, 0.717) is 10.9 Å². The van der Waals surface area contributed by atoms with Gasteiger partial charge in [0.1, 0.15) is 5.58 Å². The van der Waals surface area contributed by atoms with E-state index >= 15 is 0 Å². The summed E-state index contributed by atoms with van der Waals surface area (Å²) in [7, 11) is 0. The molecule has 4 nitrogen and oxygen atoms in total. The largest absolute Gasteiger partial charge is 0.451 e. The lowest BCUT2D eigenvalue weighted by Gasteiger charge is -1.98. The number of anilines is 1. The second-order valence-electron chi connectivity index (χ2n) is 4.35. The van der Waals surface area contributed by atoms with Crippen molar-refractivity contribution in [3.8, 4) is 0 Å². The fourth-order valence-corrected chi connectivity index (χ4v) is 2.51. The maximum absolute atomic E-state index is 12.1. The van der Waals surface area contributed by atoms with Crippen LogP contribution in [0.3, 0.4) is 0 Å². The number of fused-ring (bicyclic) bond motifs is 1. The maximum atomic E-state index is 12.1. The minimum atomic E-state index is -0.263. The summed E-state index contributed by atoms with van der Waals surface area (Å²) in [5.74, 6) is 0.0807. The Morgan fingerprint density at radius 2 is 2.21 bits per heavy atom. The van der Waals surface area contributed by atoms with Gasteiger partial charge in [-0.05, 0) is 26.0 Å². The number of aromatic nitrogens is 1. The molecule has 3 rings (SSSR count). The van der Waals surface area contributed by atoms with Crippen molar-refractivity contribution in [1.82, 2.24) is 4.98 Å². The van der Waals surface area contributed by atoms with Crippen LogP contribution in [0.25, 0.3) is 11.0 Å². The fourth-order valence-electron chi connectivity index (χ4n) is 1.99. The lowest BCUT2D eigenvalue weighted by atomic mass is 10.1. The number of nitrogens with zero attached hydrogens (tertiary/aromatic N) is 1. The molecule has 0 aliphatic heterocycles. The van der Waals surface area contributed by atoms with Crippen molar-refractivity contribution in [1.29, 1.82) is 0 Å². The zero-order valence-corrected chi connectivity index (χ0v) is 11.4. The van der Waals surface area contributed by atoms with Gasteiger partial charge in [0.05, 0.1) is 0 Å². The van der Waals surface area contributed by atoms with Crippen molar-refractivity contribution < 1.29 is 9.21 Å². The Bertz CT molecular complexity index is 744. The molecular formula is C14H12N2O2S. The predicted octanol–water partition coefficient (Wildman–Crippen LogP) is 3.76. The SMILES string of the molecule is Cc1ccc2oc(C(=O)Nc3nccs3)c(C)c2c1. The topological polar surface area (TPSA) is 55.1 Å². The molecule has 2 heterocycles. The van der Waals surface area contributed by atoms with E-state index < -0.39 is 0 Å². The van der Waals surface area contributed by atoms with Crippen LogP contribution in [0, 0.1) is 13.8 Å². The molecule has 1 amide bonds. The van der Waals surface area contributed by atoms with E-state index in [4.69, 9.17) is 4.42 Å². The smallest absolute Gasteiger partial charge is 0.293 e. The van der Waals surface area contributed by atoms with Crippen LogP contribution in [-0.2, 0) is 0 Å². The number of thiazole rings is 1. The summed E-state index contributed by atoms with van der Waals surface area (Å²) in [5, 5.41) is 6.09. The third kappa shape index (κ3) is 2.13. The Labute approximate surface area is 114 Å². The number of hydrogen-bond donors (Lipinski definition) is 1. The molecule has 96 valence electrons. The van der Waals surface area contributed by atoms with Gasteiger partial charge in [-0.15, -0.1) is 11.3 Å². The van der Waals surface area contributed by atoms with Crippen molar-refractivity contribution in [2.75, 3.05) is 5.32 Å². The molecule has 0 aliphatic carbocycles. The summed E-state index contributed by atoms with van der Waals surface area (Å²) in [5.41, 5.74) is 2.73. The van der Waals surface area contributed by atoms with Crippen LogP contribution in [-0.4, -0.2) is 10.9 Å². The molecule has 0 bridgehead atoms. The summed E-state index contributed by atoms with van der Waals surface area (Å²) in [6, 6.07) is 5.87. The number of aryl methyl sites for hydroxylation is 2. The summed E-state index contributed by atoms with van der Waals surface area (Å²) >= 11 is 1.38. The lowest BCUT2D eigenvalue weighted by molar-refractivity contribution is 0.0998. The first-order valence-corrected chi connectivity index (χ1v) is 6.74. The number of carbonyl (C=O) groups excluding carboxylic acids is 1. The van der Waals surface area contributed by atoms with Crippen LogP contribution in [0.15, 0.2) is 34.2 Å². The summed E-state index contributed by atoms with van der Waals surface area (Å²) in [6.07, 6.45) is 1.65. The average molecular weight is 272 g/mol. The quantitative estimate of drug-likeness (QED) is 0.772. The van der Waals surface area contributed by atoms with E-state index in [1.807, 2.05) is 37.4 Å². The third-order valence-corrected chi connectivity index (χ3v) is 3.64. The standard InChI is InChI=1S/C14H12N2O2S/c1-8-3-4-11-10(7-8)9(2)12(18-11)13(17)16-14-15-5-6-19-14/h3-7H,1-2H3,(H,15,16,17). The van der Waals surface area contributed by atoms with E-state index in [1.54, 1.807) is 6.20 Å². The second kappa shape index (κ2) is 4.51. The van der Waals surface area contributed by atoms with Gasteiger partial charge in [0, 0.05) is 22.5 Å². The second-order valence-corrected chi connectivity index (χ2v) is 5.24. The van der Waals surface area contributed by atoms with Gasteiger partial charge >= 0.3 is 0 Å². The van der Waals surface area contributed by atoms with E-state index in [9.17, 15) is 4.79 Å². The Morgan fingerprint density at radius 1 is 1.37 bits per heavy atom. The normalized spacial score (nSPS) is 10.8. The predicted molar refractivity (Wildman–Crippen MR) is 75.8 cm³/mol. The first kappa shape index (κ1) is 11.9. The highest BCUT2D eigenvalue weighted by Gasteiger charge is 2.18. The molecule has 2 aromatic heterocycles. The average Bonchev–Trinajstić information content (AvgIpc) is 2.98. The van der Waals surface area contributed by atoms with Crippen LogP contribution in [0.2, 0.25) is 0 Å². The van der Waals surface area contributed by atoms with Crippen LogP contribution in [0.1, 0.15) is 21.7 Å². The zero-order chi connectivity index (χ0) is 13.4. The van der Waals surface area contributed by atoms with E-state index in [2.05, 4.69) is 10.3 Å².